The summed E-state index contributed by atoms with van der Waals surface area (Å²) in [7, 11) is 0. The zero-order valence-electron chi connectivity index (χ0n) is 14.1. The lowest BCUT2D eigenvalue weighted by Crippen LogP contribution is -2.28. The van der Waals surface area contributed by atoms with Gasteiger partial charge in [-0.05, 0) is 37.5 Å². The molecule has 0 aliphatic heterocycles. The Kier molecular flexibility index (Phi) is 5.20. The van der Waals surface area contributed by atoms with Crippen molar-refractivity contribution in [2.75, 3.05) is 5.32 Å². The minimum atomic E-state index is -2.57. The summed E-state index contributed by atoms with van der Waals surface area (Å²) in [4.78, 5) is 32.1. The summed E-state index contributed by atoms with van der Waals surface area (Å²) in [5.41, 5.74) is 0.547. The normalized spacial score (nSPS) is 14.8. The lowest BCUT2D eigenvalue weighted by atomic mass is 10.1. The second-order valence-corrected chi connectivity index (χ2v) is 6.19. The van der Waals surface area contributed by atoms with Crippen LogP contribution in [-0.2, 0) is 4.79 Å². The fourth-order valence-corrected chi connectivity index (χ4v) is 2.42. The Balaban J connectivity index is 1.67. The number of amides is 2. The molecule has 1 aliphatic carbocycles. The van der Waals surface area contributed by atoms with Crippen LogP contribution in [0.1, 0.15) is 53.8 Å². The number of benzene rings is 1. The quantitative estimate of drug-likeness (QED) is 0.828. The standard InChI is InChI=1S/C18H18F2N4O2/c1-10(12-3-2-4-13(9-12)15(19)20)22-17(26)14-7-8-21-18(23-14)24-16(25)11-5-6-11/h2-4,7-11,15H,5-6H2,1H3,(H,22,26)(H,21,23,24,25). The molecule has 0 radical (unpaired) electrons. The van der Waals surface area contributed by atoms with E-state index in [-0.39, 0.29) is 29.0 Å². The third-order valence-corrected chi connectivity index (χ3v) is 4.08. The van der Waals surface area contributed by atoms with Crippen LogP contribution >= 0.6 is 0 Å². The second kappa shape index (κ2) is 7.55. The van der Waals surface area contributed by atoms with Gasteiger partial charge in [-0.3, -0.25) is 14.9 Å². The molecular weight excluding hydrogens is 342 g/mol. The van der Waals surface area contributed by atoms with Crippen molar-refractivity contribution in [1.29, 1.82) is 0 Å². The van der Waals surface area contributed by atoms with Crippen LogP contribution < -0.4 is 10.6 Å². The van der Waals surface area contributed by atoms with E-state index in [1.165, 1.54) is 30.5 Å². The van der Waals surface area contributed by atoms with Crippen LogP contribution in [0.2, 0.25) is 0 Å². The first kappa shape index (κ1) is 17.9. The van der Waals surface area contributed by atoms with Crippen molar-refractivity contribution in [3.8, 4) is 0 Å². The van der Waals surface area contributed by atoms with E-state index in [0.717, 1.165) is 12.8 Å². The van der Waals surface area contributed by atoms with Crippen molar-refractivity contribution in [3.63, 3.8) is 0 Å². The predicted molar refractivity (Wildman–Crippen MR) is 90.7 cm³/mol. The van der Waals surface area contributed by atoms with E-state index in [1.807, 2.05) is 0 Å². The van der Waals surface area contributed by atoms with Gasteiger partial charge in [-0.25, -0.2) is 18.7 Å². The molecule has 1 heterocycles. The van der Waals surface area contributed by atoms with Crippen molar-refractivity contribution in [3.05, 3.63) is 53.3 Å². The summed E-state index contributed by atoms with van der Waals surface area (Å²) in [6, 6.07) is 6.82. The molecular formula is C18H18F2N4O2. The average Bonchev–Trinajstić information content (AvgIpc) is 3.47. The smallest absolute Gasteiger partial charge is 0.270 e. The zero-order chi connectivity index (χ0) is 18.7. The van der Waals surface area contributed by atoms with Gasteiger partial charge in [-0.15, -0.1) is 0 Å². The van der Waals surface area contributed by atoms with Crippen LogP contribution in [0.5, 0.6) is 0 Å². The fourth-order valence-electron chi connectivity index (χ4n) is 2.42. The highest BCUT2D eigenvalue weighted by molar-refractivity contribution is 5.95. The Morgan fingerprint density at radius 1 is 1.19 bits per heavy atom. The van der Waals surface area contributed by atoms with Gasteiger partial charge in [0.15, 0.2) is 0 Å². The van der Waals surface area contributed by atoms with Crippen molar-refractivity contribution >= 4 is 17.8 Å². The monoisotopic (exact) mass is 360 g/mol. The molecule has 8 heteroatoms. The molecule has 1 saturated carbocycles. The molecule has 6 nitrogen and oxygen atoms in total. The highest BCUT2D eigenvalue weighted by Gasteiger charge is 2.30. The summed E-state index contributed by atoms with van der Waals surface area (Å²) in [5.74, 6) is -0.566. The highest BCUT2D eigenvalue weighted by Crippen LogP contribution is 2.29. The van der Waals surface area contributed by atoms with Gasteiger partial charge in [-0.2, -0.15) is 0 Å². The number of hydrogen-bond acceptors (Lipinski definition) is 4. The molecule has 1 aromatic heterocycles. The SMILES string of the molecule is CC(NC(=O)c1ccnc(NC(=O)C2CC2)n1)c1cccc(C(F)F)c1. The Bertz CT molecular complexity index is 824. The van der Waals surface area contributed by atoms with Gasteiger partial charge in [0.1, 0.15) is 5.69 Å². The molecule has 1 fully saturated rings. The van der Waals surface area contributed by atoms with Crippen LogP contribution in [0.25, 0.3) is 0 Å². The Morgan fingerprint density at radius 3 is 2.62 bits per heavy atom. The Morgan fingerprint density at radius 2 is 1.92 bits per heavy atom. The molecule has 1 aromatic carbocycles. The first-order valence-corrected chi connectivity index (χ1v) is 8.27. The molecule has 0 spiro atoms. The largest absolute Gasteiger partial charge is 0.344 e. The van der Waals surface area contributed by atoms with Crippen molar-refractivity contribution in [2.24, 2.45) is 5.92 Å². The van der Waals surface area contributed by atoms with Gasteiger partial charge in [-0.1, -0.05) is 18.2 Å². The van der Waals surface area contributed by atoms with Gasteiger partial charge in [0, 0.05) is 17.7 Å². The molecule has 2 N–H and O–H groups in total. The Hall–Kier alpha value is -2.90. The number of hydrogen-bond donors (Lipinski definition) is 2. The summed E-state index contributed by atoms with van der Waals surface area (Å²) in [6.45, 7) is 1.69. The van der Waals surface area contributed by atoms with E-state index in [1.54, 1.807) is 13.0 Å². The van der Waals surface area contributed by atoms with E-state index in [9.17, 15) is 18.4 Å². The van der Waals surface area contributed by atoms with Gasteiger partial charge in [0.2, 0.25) is 11.9 Å². The molecule has 2 amide bonds. The van der Waals surface area contributed by atoms with Crippen LogP contribution in [0.15, 0.2) is 36.5 Å². The van der Waals surface area contributed by atoms with Crippen LogP contribution in [0, 0.1) is 5.92 Å². The minimum Gasteiger partial charge on any atom is -0.344 e. The molecule has 0 saturated heterocycles. The maximum absolute atomic E-state index is 12.8. The lowest BCUT2D eigenvalue weighted by Gasteiger charge is -2.15. The van der Waals surface area contributed by atoms with E-state index in [0.29, 0.717) is 5.56 Å². The summed E-state index contributed by atoms with van der Waals surface area (Å²) < 4.78 is 25.6. The molecule has 136 valence electrons. The minimum absolute atomic E-state index is 0.00165. The fraction of sp³-hybridized carbons (Fsp3) is 0.333. The second-order valence-electron chi connectivity index (χ2n) is 6.19. The summed E-state index contributed by atoms with van der Waals surface area (Å²) >= 11 is 0. The van der Waals surface area contributed by atoms with E-state index in [4.69, 9.17) is 0 Å². The first-order valence-electron chi connectivity index (χ1n) is 8.27. The lowest BCUT2D eigenvalue weighted by molar-refractivity contribution is -0.117. The number of nitrogens with one attached hydrogen (secondary N) is 2. The number of carbonyl (C=O) groups is 2. The zero-order valence-corrected chi connectivity index (χ0v) is 14.1. The van der Waals surface area contributed by atoms with Crippen molar-refractivity contribution < 1.29 is 18.4 Å². The summed E-state index contributed by atoms with van der Waals surface area (Å²) in [5, 5.41) is 5.29. The average molecular weight is 360 g/mol. The van der Waals surface area contributed by atoms with Crippen LogP contribution in [0.3, 0.4) is 0 Å². The van der Waals surface area contributed by atoms with E-state index >= 15 is 0 Å². The topological polar surface area (TPSA) is 84.0 Å². The number of aromatic nitrogens is 2. The number of carbonyl (C=O) groups excluding carboxylic acids is 2. The molecule has 2 aromatic rings. The molecule has 3 rings (SSSR count). The highest BCUT2D eigenvalue weighted by atomic mass is 19.3. The van der Waals surface area contributed by atoms with Crippen LogP contribution in [0.4, 0.5) is 14.7 Å². The molecule has 1 atom stereocenters. The van der Waals surface area contributed by atoms with E-state index in [2.05, 4.69) is 20.6 Å². The maximum atomic E-state index is 12.8. The van der Waals surface area contributed by atoms with Gasteiger partial charge >= 0.3 is 0 Å². The van der Waals surface area contributed by atoms with Gasteiger partial charge in [0.05, 0.1) is 6.04 Å². The van der Waals surface area contributed by atoms with E-state index < -0.39 is 18.4 Å². The number of rotatable bonds is 6. The number of anilines is 1. The summed E-state index contributed by atoms with van der Waals surface area (Å²) in [6.07, 6.45) is 0.506. The number of halogens is 2. The van der Waals surface area contributed by atoms with Crippen molar-refractivity contribution in [1.82, 2.24) is 15.3 Å². The molecule has 0 bridgehead atoms. The predicted octanol–water partition coefficient (Wildman–Crippen LogP) is 3.25. The number of alkyl halides is 2. The Labute approximate surface area is 149 Å². The molecule has 26 heavy (non-hydrogen) atoms. The van der Waals surface area contributed by atoms with Crippen molar-refractivity contribution in [2.45, 2.75) is 32.2 Å². The first-order chi connectivity index (χ1) is 12.4. The van der Waals surface area contributed by atoms with Crippen LogP contribution in [-0.4, -0.2) is 21.8 Å². The van der Waals surface area contributed by atoms with Gasteiger partial charge < -0.3 is 5.32 Å². The molecule has 1 aliphatic rings. The maximum Gasteiger partial charge on any atom is 0.270 e. The van der Waals surface area contributed by atoms with Gasteiger partial charge in [0.25, 0.3) is 12.3 Å². The third kappa shape index (κ3) is 4.38. The third-order valence-electron chi connectivity index (χ3n) is 4.08. The molecule has 1 unspecified atom stereocenters. The number of nitrogens with zero attached hydrogens (tertiary/aromatic N) is 2.